The summed E-state index contributed by atoms with van der Waals surface area (Å²) in [6, 6.07) is 0. The topological polar surface area (TPSA) is 69.7 Å². The molecule has 5 heteroatoms. The van der Waals surface area contributed by atoms with Crippen molar-refractivity contribution < 1.29 is 23.9 Å². The number of ether oxygens (including phenoxy) is 2. The molecular formula is C13H18O5. The molecule has 0 heterocycles. The Morgan fingerprint density at radius 1 is 1.11 bits per heavy atom. The zero-order chi connectivity index (χ0) is 13.6. The lowest BCUT2D eigenvalue weighted by atomic mass is 9.79. The molecule has 0 aromatic carbocycles. The van der Waals surface area contributed by atoms with Gasteiger partial charge in [-0.2, -0.15) is 0 Å². The first kappa shape index (κ1) is 13.1. The number of ketones is 1. The van der Waals surface area contributed by atoms with E-state index in [4.69, 9.17) is 9.47 Å². The van der Waals surface area contributed by atoms with Gasteiger partial charge in [0, 0.05) is 6.42 Å². The van der Waals surface area contributed by atoms with E-state index < -0.39 is 17.4 Å². The number of fused-ring (bicyclic) bond motifs is 1. The maximum absolute atomic E-state index is 11.9. The first-order valence-electron chi connectivity index (χ1n) is 6.06. The SMILES string of the molecule is COC(=O)C1(C(=O)OC)CC2CC2(CC(C)=O)C1. The van der Waals surface area contributed by atoms with Crippen molar-refractivity contribution in [3.63, 3.8) is 0 Å². The first-order valence-corrected chi connectivity index (χ1v) is 6.06. The monoisotopic (exact) mass is 254 g/mol. The smallest absolute Gasteiger partial charge is 0.323 e. The highest BCUT2D eigenvalue weighted by Crippen LogP contribution is 2.71. The Morgan fingerprint density at radius 2 is 1.67 bits per heavy atom. The highest BCUT2D eigenvalue weighted by molar-refractivity contribution is 6.01. The molecule has 5 nitrogen and oxygen atoms in total. The van der Waals surface area contributed by atoms with Gasteiger partial charge in [0.2, 0.25) is 0 Å². The summed E-state index contributed by atoms with van der Waals surface area (Å²) in [4.78, 5) is 35.1. The molecule has 0 bridgehead atoms. The summed E-state index contributed by atoms with van der Waals surface area (Å²) in [6.45, 7) is 1.54. The molecule has 100 valence electrons. The van der Waals surface area contributed by atoms with Gasteiger partial charge >= 0.3 is 11.9 Å². The van der Waals surface area contributed by atoms with Crippen LogP contribution >= 0.6 is 0 Å². The third kappa shape index (κ3) is 1.72. The summed E-state index contributed by atoms with van der Waals surface area (Å²) < 4.78 is 9.51. The summed E-state index contributed by atoms with van der Waals surface area (Å²) in [5.41, 5.74) is -1.36. The highest BCUT2D eigenvalue weighted by Gasteiger charge is 2.71. The molecule has 0 aromatic rings. The van der Waals surface area contributed by atoms with E-state index in [1.165, 1.54) is 14.2 Å². The molecular weight excluding hydrogens is 236 g/mol. The van der Waals surface area contributed by atoms with Crippen molar-refractivity contribution in [1.29, 1.82) is 0 Å². The molecule has 2 saturated carbocycles. The van der Waals surface area contributed by atoms with Gasteiger partial charge in [-0.15, -0.1) is 0 Å². The molecule has 0 aromatic heterocycles. The van der Waals surface area contributed by atoms with E-state index in [9.17, 15) is 14.4 Å². The number of carbonyl (C=O) groups is 3. The average molecular weight is 254 g/mol. The van der Waals surface area contributed by atoms with E-state index in [2.05, 4.69) is 0 Å². The van der Waals surface area contributed by atoms with Crippen LogP contribution < -0.4 is 0 Å². The van der Waals surface area contributed by atoms with Gasteiger partial charge in [-0.3, -0.25) is 9.59 Å². The minimum absolute atomic E-state index is 0.100. The minimum Gasteiger partial charge on any atom is -0.468 e. The Labute approximate surface area is 106 Å². The molecule has 2 unspecified atom stereocenters. The lowest BCUT2D eigenvalue weighted by Crippen LogP contribution is -2.40. The largest absolute Gasteiger partial charge is 0.468 e. The van der Waals surface area contributed by atoms with Crippen LogP contribution in [0.4, 0.5) is 0 Å². The van der Waals surface area contributed by atoms with E-state index in [0.29, 0.717) is 19.3 Å². The summed E-state index contributed by atoms with van der Waals surface area (Å²) >= 11 is 0. The highest BCUT2D eigenvalue weighted by atomic mass is 16.5. The molecule has 2 fully saturated rings. The molecule has 0 amide bonds. The molecule has 0 spiro atoms. The number of hydrogen-bond donors (Lipinski definition) is 0. The first-order chi connectivity index (χ1) is 8.40. The van der Waals surface area contributed by atoms with Crippen molar-refractivity contribution in [3.05, 3.63) is 0 Å². The summed E-state index contributed by atoms with van der Waals surface area (Å²) in [5.74, 6) is -0.711. The average Bonchev–Trinajstić information content (AvgIpc) is 2.87. The lowest BCUT2D eigenvalue weighted by Gasteiger charge is -2.26. The fraction of sp³-hybridized carbons (Fsp3) is 0.769. The van der Waals surface area contributed by atoms with Crippen molar-refractivity contribution in [2.24, 2.45) is 16.7 Å². The zero-order valence-electron chi connectivity index (χ0n) is 10.9. The second kappa shape index (κ2) is 4.07. The zero-order valence-corrected chi connectivity index (χ0v) is 10.9. The van der Waals surface area contributed by atoms with Crippen LogP contribution in [0.15, 0.2) is 0 Å². The van der Waals surface area contributed by atoms with Gasteiger partial charge in [-0.05, 0) is 37.5 Å². The van der Waals surface area contributed by atoms with E-state index >= 15 is 0 Å². The van der Waals surface area contributed by atoms with E-state index in [-0.39, 0.29) is 17.1 Å². The quantitative estimate of drug-likeness (QED) is 0.555. The second-order valence-electron chi connectivity index (χ2n) is 5.59. The fourth-order valence-electron chi connectivity index (χ4n) is 3.59. The van der Waals surface area contributed by atoms with Gasteiger partial charge < -0.3 is 14.3 Å². The van der Waals surface area contributed by atoms with Crippen LogP contribution in [0.25, 0.3) is 0 Å². The third-order valence-corrected chi connectivity index (χ3v) is 4.36. The van der Waals surface area contributed by atoms with E-state index in [1.54, 1.807) is 6.92 Å². The molecule has 2 aliphatic carbocycles. The number of carbonyl (C=O) groups excluding carboxylic acids is 3. The van der Waals surface area contributed by atoms with Gasteiger partial charge in [-0.25, -0.2) is 0 Å². The fourth-order valence-corrected chi connectivity index (χ4v) is 3.59. The number of methoxy groups -OCH3 is 2. The van der Waals surface area contributed by atoms with Gasteiger partial charge in [0.15, 0.2) is 5.41 Å². The molecule has 18 heavy (non-hydrogen) atoms. The van der Waals surface area contributed by atoms with Gasteiger partial charge in [-0.1, -0.05) is 0 Å². The van der Waals surface area contributed by atoms with E-state index in [1.807, 2.05) is 0 Å². The molecule has 0 radical (unpaired) electrons. The van der Waals surface area contributed by atoms with Gasteiger partial charge in [0.1, 0.15) is 5.78 Å². The minimum atomic E-state index is -1.19. The Kier molecular flexibility index (Phi) is 2.95. The standard InChI is InChI=1S/C13H18O5/c1-8(14)4-12-5-9(12)6-13(7-12,10(15)17-2)11(16)18-3/h9H,4-7H2,1-3H3. The maximum atomic E-state index is 11.9. The number of Topliss-reactive ketones (excluding diaryl/α,β-unsaturated/α-hetero) is 1. The summed E-state index contributed by atoms with van der Waals surface area (Å²) in [5, 5.41) is 0. The summed E-state index contributed by atoms with van der Waals surface area (Å²) in [7, 11) is 2.54. The Balaban J connectivity index is 2.24. The Bertz CT molecular complexity index is 398. The van der Waals surface area contributed by atoms with Gasteiger partial charge in [0.05, 0.1) is 14.2 Å². The predicted molar refractivity (Wildman–Crippen MR) is 61.5 cm³/mol. The molecule has 0 saturated heterocycles. The van der Waals surface area contributed by atoms with Crippen molar-refractivity contribution in [3.8, 4) is 0 Å². The van der Waals surface area contributed by atoms with Crippen LogP contribution in [-0.4, -0.2) is 31.9 Å². The number of rotatable bonds is 4. The van der Waals surface area contributed by atoms with Crippen molar-refractivity contribution >= 4 is 17.7 Å². The summed E-state index contributed by atoms with van der Waals surface area (Å²) in [6.07, 6.45) is 2.18. The molecule has 2 rings (SSSR count). The van der Waals surface area contributed by atoms with Crippen molar-refractivity contribution in [2.75, 3.05) is 14.2 Å². The predicted octanol–water partition coefficient (Wildman–Crippen LogP) is 1.10. The van der Waals surface area contributed by atoms with Crippen LogP contribution in [0, 0.1) is 16.7 Å². The Morgan fingerprint density at radius 3 is 2.11 bits per heavy atom. The maximum Gasteiger partial charge on any atom is 0.323 e. The van der Waals surface area contributed by atoms with Crippen LogP contribution in [0.5, 0.6) is 0 Å². The number of esters is 2. The molecule has 0 aliphatic heterocycles. The van der Waals surface area contributed by atoms with Crippen LogP contribution in [-0.2, 0) is 23.9 Å². The van der Waals surface area contributed by atoms with Crippen molar-refractivity contribution in [2.45, 2.75) is 32.6 Å². The van der Waals surface area contributed by atoms with Crippen LogP contribution in [0.1, 0.15) is 32.6 Å². The lowest BCUT2D eigenvalue weighted by molar-refractivity contribution is -0.170. The normalized spacial score (nSPS) is 31.4. The second-order valence-corrected chi connectivity index (χ2v) is 5.59. The Hall–Kier alpha value is -1.39. The van der Waals surface area contributed by atoms with Crippen LogP contribution in [0.3, 0.4) is 0 Å². The van der Waals surface area contributed by atoms with Crippen LogP contribution in [0.2, 0.25) is 0 Å². The van der Waals surface area contributed by atoms with Crippen molar-refractivity contribution in [1.82, 2.24) is 0 Å². The third-order valence-electron chi connectivity index (χ3n) is 4.36. The number of hydrogen-bond acceptors (Lipinski definition) is 5. The van der Waals surface area contributed by atoms with E-state index in [0.717, 1.165) is 6.42 Å². The molecule has 0 N–H and O–H groups in total. The van der Waals surface area contributed by atoms with Gasteiger partial charge in [0.25, 0.3) is 0 Å². The molecule has 2 atom stereocenters. The molecule has 2 aliphatic rings.